The molecule has 0 saturated carbocycles. The fraction of sp³-hybridized carbons (Fsp3) is 0.308. The average Bonchev–Trinajstić information content (AvgIpc) is 2.83. The Balaban J connectivity index is 2.18. The van der Waals surface area contributed by atoms with Crippen LogP contribution in [0.15, 0.2) is 35.4 Å². The Morgan fingerprint density at radius 3 is 2.65 bits per heavy atom. The smallest absolute Gasteiger partial charge is 0.241 e. The summed E-state index contributed by atoms with van der Waals surface area (Å²) in [5.74, 6) is 0. The van der Waals surface area contributed by atoms with Crippen LogP contribution in [0.2, 0.25) is 0 Å². The van der Waals surface area contributed by atoms with E-state index in [-0.39, 0.29) is 6.54 Å². The van der Waals surface area contributed by atoms with Crippen LogP contribution in [0, 0.1) is 6.92 Å². The van der Waals surface area contributed by atoms with E-state index >= 15 is 0 Å². The zero-order chi connectivity index (χ0) is 14.6. The molecule has 0 spiro atoms. The topological polar surface area (TPSA) is 71.1 Å². The highest BCUT2D eigenvalue weighted by molar-refractivity contribution is 7.89. The second kappa shape index (κ2) is 6.45. The molecule has 2 aromatic rings. The maximum atomic E-state index is 12.4. The van der Waals surface area contributed by atoms with Gasteiger partial charge in [-0.1, -0.05) is 18.2 Å². The predicted octanol–water partition coefficient (Wildman–Crippen LogP) is 1.65. The molecule has 1 heterocycles. The van der Waals surface area contributed by atoms with E-state index in [4.69, 9.17) is 0 Å². The first-order valence-corrected chi connectivity index (χ1v) is 8.46. The minimum Gasteiger partial charge on any atom is -0.316 e. The molecule has 7 heteroatoms. The van der Waals surface area contributed by atoms with E-state index in [0.29, 0.717) is 11.4 Å². The lowest BCUT2D eigenvalue weighted by atomic mass is 10.2. The van der Waals surface area contributed by atoms with Gasteiger partial charge in [0.15, 0.2) is 0 Å². The average molecular weight is 311 g/mol. The summed E-state index contributed by atoms with van der Waals surface area (Å²) in [5.41, 5.74) is 0.753. The second-order valence-corrected chi connectivity index (χ2v) is 7.36. The molecule has 0 saturated heterocycles. The van der Waals surface area contributed by atoms with Gasteiger partial charge in [-0.3, -0.25) is 0 Å². The van der Waals surface area contributed by atoms with Gasteiger partial charge in [0, 0.05) is 24.2 Å². The van der Waals surface area contributed by atoms with Gasteiger partial charge in [0.1, 0.15) is 0 Å². The summed E-state index contributed by atoms with van der Waals surface area (Å²) < 4.78 is 27.3. The van der Waals surface area contributed by atoms with Crippen LogP contribution in [-0.4, -0.2) is 20.4 Å². The molecular formula is C13H17N3O2S2. The molecule has 0 aliphatic carbocycles. The van der Waals surface area contributed by atoms with E-state index in [1.54, 1.807) is 25.4 Å². The molecule has 108 valence electrons. The van der Waals surface area contributed by atoms with Gasteiger partial charge in [0.2, 0.25) is 10.0 Å². The number of rotatable bonds is 6. The van der Waals surface area contributed by atoms with Crippen molar-refractivity contribution in [1.29, 1.82) is 0 Å². The molecular weight excluding hydrogens is 294 g/mol. The number of hydrogen-bond donors (Lipinski definition) is 2. The largest absolute Gasteiger partial charge is 0.316 e. The van der Waals surface area contributed by atoms with E-state index in [9.17, 15) is 8.42 Å². The number of hydrogen-bond acceptors (Lipinski definition) is 5. The lowest BCUT2D eigenvalue weighted by molar-refractivity contribution is 0.580. The molecule has 2 N–H and O–H groups in total. The van der Waals surface area contributed by atoms with Gasteiger partial charge in [0.05, 0.1) is 9.90 Å². The van der Waals surface area contributed by atoms with Crippen LogP contribution >= 0.6 is 11.3 Å². The van der Waals surface area contributed by atoms with Crippen molar-refractivity contribution in [1.82, 2.24) is 15.0 Å². The monoisotopic (exact) mass is 311 g/mol. The van der Waals surface area contributed by atoms with Gasteiger partial charge in [-0.2, -0.15) is 0 Å². The first-order valence-electron chi connectivity index (χ1n) is 6.16. The summed E-state index contributed by atoms with van der Waals surface area (Å²) in [6, 6.07) is 6.98. The van der Waals surface area contributed by atoms with Crippen molar-refractivity contribution >= 4 is 21.4 Å². The summed E-state index contributed by atoms with van der Waals surface area (Å²) in [6.07, 6.45) is 1.70. The number of aromatic nitrogens is 1. The SMILES string of the molecule is CNCc1ccccc1S(=O)(=O)NCc1cnc(C)s1. The second-order valence-electron chi connectivity index (χ2n) is 4.31. The first-order chi connectivity index (χ1) is 9.53. The van der Waals surface area contributed by atoms with Crippen LogP contribution in [0.5, 0.6) is 0 Å². The molecule has 5 nitrogen and oxygen atoms in total. The van der Waals surface area contributed by atoms with Crippen LogP contribution in [0.3, 0.4) is 0 Å². The summed E-state index contributed by atoms with van der Waals surface area (Å²) >= 11 is 1.49. The number of benzene rings is 1. The van der Waals surface area contributed by atoms with Crippen molar-refractivity contribution in [2.24, 2.45) is 0 Å². The molecule has 0 amide bonds. The predicted molar refractivity (Wildman–Crippen MR) is 80.1 cm³/mol. The fourth-order valence-electron chi connectivity index (χ4n) is 1.83. The molecule has 0 bridgehead atoms. The lowest BCUT2D eigenvalue weighted by Gasteiger charge is -2.10. The van der Waals surface area contributed by atoms with Gasteiger partial charge < -0.3 is 5.32 Å². The van der Waals surface area contributed by atoms with Gasteiger partial charge >= 0.3 is 0 Å². The highest BCUT2D eigenvalue weighted by Crippen LogP contribution is 2.17. The van der Waals surface area contributed by atoms with E-state index in [0.717, 1.165) is 15.4 Å². The Morgan fingerprint density at radius 2 is 2.00 bits per heavy atom. The number of nitrogens with zero attached hydrogens (tertiary/aromatic N) is 1. The maximum absolute atomic E-state index is 12.4. The molecule has 20 heavy (non-hydrogen) atoms. The molecule has 0 fully saturated rings. The normalized spacial score (nSPS) is 11.7. The minimum atomic E-state index is -3.51. The Bertz CT molecular complexity index is 680. The van der Waals surface area contributed by atoms with Crippen LogP contribution in [0.4, 0.5) is 0 Å². The van der Waals surface area contributed by atoms with Gasteiger partial charge in [-0.25, -0.2) is 18.1 Å². The summed E-state index contributed by atoms with van der Waals surface area (Å²) in [5, 5.41) is 3.90. The molecule has 0 radical (unpaired) electrons. The third-order valence-electron chi connectivity index (χ3n) is 2.73. The van der Waals surface area contributed by atoms with Crippen LogP contribution in [0.25, 0.3) is 0 Å². The zero-order valence-electron chi connectivity index (χ0n) is 11.4. The number of nitrogens with one attached hydrogen (secondary N) is 2. The van der Waals surface area contributed by atoms with Crippen molar-refractivity contribution in [2.45, 2.75) is 24.9 Å². The Labute approximate surface area is 123 Å². The van der Waals surface area contributed by atoms with Crippen LogP contribution in [0.1, 0.15) is 15.4 Å². The standard InChI is InChI=1S/C13H17N3O2S2/c1-10-15-8-12(19-10)9-16-20(17,18)13-6-4-3-5-11(13)7-14-2/h3-6,8,14,16H,7,9H2,1-2H3. The quantitative estimate of drug-likeness (QED) is 0.851. The van der Waals surface area contributed by atoms with E-state index in [2.05, 4.69) is 15.0 Å². The highest BCUT2D eigenvalue weighted by atomic mass is 32.2. The van der Waals surface area contributed by atoms with Crippen LogP contribution < -0.4 is 10.0 Å². The molecule has 1 aromatic carbocycles. The third kappa shape index (κ3) is 3.63. The van der Waals surface area contributed by atoms with Crippen molar-refractivity contribution < 1.29 is 8.42 Å². The third-order valence-corrected chi connectivity index (χ3v) is 5.15. The van der Waals surface area contributed by atoms with Crippen molar-refractivity contribution in [3.05, 3.63) is 45.9 Å². The Morgan fingerprint density at radius 1 is 1.25 bits per heavy atom. The molecule has 2 rings (SSSR count). The zero-order valence-corrected chi connectivity index (χ0v) is 13.0. The fourth-order valence-corrected chi connectivity index (χ4v) is 3.90. The maximum Gasteiger partial charge on any atom is 0.241 e. The summed E-state index contributed by atoms with van der Waals surface area (Å²) in [6.45, 7) is 2.67. The summed E-state index contributed by atoms with van der Waals surface area (Å²) in [4.78, 5) is 5.33. The van der Waals surface area contributed by atoms with Gasteiger partial charge in [-0.15, -0.1) is 11.3 Å². The van der Waals surface area contributed by atoms with Crippen molar-refractivity contribution in [3.63, 3.8) is 0 Å². The number of thiazole rings is 1. The first kappa shape index (κ1) is 15.1. The number of sulfonamides is 1. The van der Waals surface area contributed by atoms with Crippen LogP contribution in [-0.2, 0) is 23.1 Å². The molecule has 0 aliphatic heterocycles. The van der Waals surface area contributed by atoms with E-state index < -0.39 is 10.0 Å². The van der Waals surface area contributed by atoms with Gasteiger partial charge in [0.25, 0.3) is 0 Å². The Hall–Kier alpha value is -1.28. The van der Waals surface area contributed by atoms with Crippen molar-refractivity contribution in [3.8, 4) is 0 Å². The van der Waals surface area contributed by atoms with Crippen molar-refractivity contribution in [2.75, 3.05) is 7.05 Å². The molecule has 0 aliphatic rings. The number of aryl methyl sites for hydroxylation is 1. The van der Waals surface area contributed by atoms with E-state index in [1.807, 2.05) is 19.1 Å². The molecule has 0 atom stereocenters. The minimum absolute atomic E-state index is 0.266. The van der Waals surface area contributed by atoms with E-state index in [1.165, 1.54) is 11.3 Å². The lowest BCUT2D eigenvalue weighted by Crippen LogP contribution is -2.24. The molecule has 0 unspecified atom stereocenters. The Kier molecular flexibility index (Phi) is 4.87. The molecule has 1 aromatic heterocycles. The summed E-state index contributed by atoms with van der Waals surface area (Å²) in [7, 11) is -1.72. The van der Waals surface area contributed by atoms with Gasteiger partial charge in [-0.05, 0) is 25.6 Å². The highest BCUT2D eigenvalue weighted by Gasteiger charge is 2.17.